The van der Waals surface area contributed by atoms with Crippen LogP contribution in [0.4, 0.5) is 5.82 Å². The van der Waals surface area contributed by atoms with Crippen LogP contribution in [-0.2, 0) is 4.79 Å². The van der Waals surface area contributed by atoms with Crippen molar-refractivity contribution in [1.82, 2.24) is 20.2 Å². The van der Waals surface area contributed by atoms with Crippen LogP contribution < -0.4 is 10.2 Å². The van der Waals surface area contributed by atoms with Crippen LogP contribution >= 0.6 is 0 Å². The summed E-state index contributed by atoms with van der Waals surface area (Å²) in [5, 5.41) is 3.12. The molecule has 6 nitrogen and oxygen atoms in total. The zero-order chi connectivity index (χ0) is 15.4. The van der Waals surface area contributed by atoms with E-state index in [1.165, 1.54) is 0 Å². The van der Waals surface area contributed by atoms with Crippen LogP contribution in [0, 0.1) is 0 Å². The number of hydrogen-bond acceptors (Lipinski definition) is 5. The molecular weight excluding hydrogens is 278 g/mol. The molecule has 0 spiro atoms. The maximum absolute atomic E-state index is 11.5. The number of likely N-dealkylation sites (tertiary alicyclic amines) is 1. The van der Waals surface area contributed by atoms with Crippen molar-refractivity contribution in [3.8, 4) is 0 Å². The summed E-state index contributed by atoms with van der Waals surface area (Å²) in [6.07, 6.45) is 8.52. The summed E-state index contributed by atoms with van der Waals surface area (Å²) in [5.74, 6) is 1.21. The Kier molecular flexibility index (Phi) is 4.87. The van der Waals surface area contributed by atoms with Crippen LogP contribution in [0.1, 0.15) is 32.1 Å². The van der Waals surface area contributed by atoms with E-state index in [-0.39, 0.29) is 5.91 Å². The van der Waals surface area contributed by atoms with Gasteiger partial charge in [-0.05, 0) is 31.7 Å². The molecule has 0 saturated carbocycles. The molecule has 22 heavy (non-hydrogen) atoms. The predicted molar refractivity (Wildman–Crippen MR) is 85.7 cm³/mol. The van der Waals surface area contributed by atoms with Gasteiger partial charge in [-0.1, -0.05) is 0 Å². The Morgan fingerprint density at radius 3 is 2.86 bits per heavy atom. The van der Waals surface area contributed by atoms with E-state index in [1.54, 1.807) is 12.5 Å². The summed E-state index contributed by atoms with van der Waals surface area (Å²) in [6.45, 7) is 3.18. The molecule has 3 heterocycles. The van der Waals surface area contributed by atoms with Gasteiger partial charge in [-0.15, -0.1) is 0 Å². The second-order valence-corrected chi connectivity index (χ2v) is 6.37. The van der Waals surface area contributed by atoms with E-state index in [0.717, 1.165) is 51.1 Å². The number of rotatable bonds is 4. The molecule has 1 aromatic heterocycles. The smallest absolute Gasteiger partial charge is 0.220 e. The van der Waals surface area contributed by atoms with E-state index in [1.807, 2.05) is 6.07 Å². The molecule has 2 saturated heterocycles. The van der Waals surface area contributed by atoms with E-state index >= 15 is 0 Å². The molecule has 2 aliphatic rings. The van der Waals surface area contributed by atoms with Gasteiger partial charge in [0.25, 0.3) is 0 Å². The molecule has 0 aromatic carbocycles. The van der Waals surface area contributed by atoms with Crippen molar-refractivity contribution < 1.29 is 4.79 Å². The molecule has 2 fully saturated rings. The normalized spacial score (nSPS) is 24.0. The average Bonchev–Trinajstić information content (AvgIpc) is 2.56. The lowest BCUT2D eigenvalue weighted by molar-refractivity contribution is -0.123. The van der Waals surface area contributed by atoms with Crippen molar-refractivity contribution in [1.29, 1.82) is 0 Å². The largest absolute Gasteiger partial charge is 0.356 e. The lowest BCUT2D eigenvalue weighted by Crippen LogP contribution is -2.50. The monoisotopic (exact) mass is 303 g/mol. The summed E-state index contributed by atoms with van der Waals surface area (Å²) < 4.78 is 0. The van der Waals surface area contributed by atoms with Gasteiger partial charge in [0.05, 0.1) is 0 Å². The summed E-state index contributed by atoms with van der Waals surface area (Å²) in [4.78, 5) is 24.5. The van der Waals surface area contributed by atoms with Crippen molar-refractivity contribution in [2.75, 3.05) is 31.6 Å². The summed E-state index contributed by atoms with van der Waals surface area (Å²) >= 11 is 0. The van der Waals surface area contributed by atoms with Gasteiger partial charge in [-0.25, -0.2) is 9.97 Å². The lowest BCUT2D eigenvalue weighted by Gasteiger charge is -2.39. The summed E-state index contributed by atoms with van der Waals surface area (Å²) in [5.41, 5.74) is 0. The molecule has 0 bridgehead atoms. The summed E-state index contributed by atoms with van der Waals surface area (Å²) in [7, 11) is 2.12. The first-order chi connectivity index (χ1) is 10.7. The molecule has 1 atom stereocenters. The van der Waals surface area contributed by atoms with Crippen molar-refractivity contribution >= 4 is 11.7 Å². The minimum atomic E-state index is 0.217. The number of anilines is 1. The van der Waals surface area contributed by atoms with E-state index in [2.05, 4.69) is 32.1 Å². The standard InChI is InChI=1S/C16H25N5O/c1-20(15-5-8-17-12-18-15)14-6-9-21(10-7-14)11-13-3-2-4-16(22)19-13/h5,8,12-14H,2-4,6-7,9-11H2,1H3,(H,19,22). The van der Waals surface area contributed by atoms with E-state index in [9.17, 15) is 4.79 Å². The number of carbonyl (C=O) groups excluding carboxylic acids is 1. The van der Waals surface area contributed by atoms with Gasteiger partial charge in [0.2, 0.25) is 5.91 Å². The Hall–Kier alpha value is -1.69. The Morgan fingerprint density at radius 2 is 2.18 bits per heavy atom. The van der Waals surface area contributed by atoms with Gasteiger partial charge >= 0.3 is 0 Å². The van der Waals surface area contributed by atoms with Gasteiger partial charge in [-0.2, -0.15) is 0 Å². The highest BCUT2D eigenvalue weighted by atomic mass is 16.1. The highest BCUT2D eigenvalue weighted by molar-refractivity contribution is 5.76. The quantitative estimate of drug-likeness (QED) is 0.901. The molecule has 1 N–H and O–H groups in total. The van der Waals surface area contributed by atoms with Crippen molar-refractivity contribution in [2.24, 2.45) is 0 Å². The Morgan fingerprint density at radius 1 is 1.36 bits per heavy atom. The third kappa shape index (κ3) is 3.74. The predicted octanol–water partition coefficient (Wildman–Crippen LogP) is 1.05. The maximum Gasteiger partial charge on any atom is 0.220 e. The number of nitrogens with one attached hydrogen (secondary N) is 1. The van der Waals surface area contributed by atoms with Crippen LogP contribution in [0.5, 0.6) is 0 Å². The highest BCUT2D eigenvalue weighted by Crippen LogP contribution is 2.20. The first-order valence-corrected chi connectivity index (χ1v) is 8.23. The fraction of sp³-hybridized carbons (Fsp3) is 0.688. The zero-order valence-corrected chi connectivity index (χ0v) is 13.2. The Balaban J connectivity index is 1.47. The van der Waals surface area contributed by atoms with Crippen LogP contribution in [0.15, 0.2) is 18.6 Å². The SMILES string of the molecule is CN(c1ccncn1)C1CCN(CC2CCCC(=O)N2)CC1. The van der Waals surface area contributed by atoms with Crippen LogP contribution in [0.3, 0.4) is 0 Å². The maximum atomic E-state index is 11.5. The summed E-state index contributed by atoms with van der Waals surface area (Å²) in [6, 6.07) is 2.84. The van der Waals surface area contributed by atoms with Crippen molar-refractivity contribution in [2.45, 2.75) is 44.2 Å². The molecule has 0 radical (unpaired) electrons. The van der Waals surface area contributed by atoms with Gasteiger partial charge < -0.3 is 15.1 Å². The third-order valence-electron chi connectivity index (χ3n) is 4.83. The lowest BCUT2D eigenvalue weighted by atomic mass is 10.00. The van der Waals surface area contributed by atoms with Gasteiger partial charge in [0.15, 0.2) is 0 Å². The van der Waals surface area contributed by atoms with Crippen LogP contribution in [0.2, 0.25) is 0 Å². The molecule has 2 aliphatic heterocycles. The number of hydrogen-bond donors (Lipinski definition) is 1. The van der Waals surface area contributed by atoms with Crippen LogP contribution in [0.25, 0.3) is 0 Å². The Labute approximate surface area is 131 Å². The minimum Gasteiger partial charge on any atom is -0.356 e. The minimum absolute atomic E-state index is 0.217. The molecule has 1 unspecified atom stereocenters. The number of carbonyl (C=O) groups is 1. The number of nitrogens with zero attached hydrogens (tertiary/aromatic N) is 4. The highest BCUT2D eigenvalue weighted by Gasteiger charge is 2.26. The zero-order valence-electron chi connectivity index (χ0n) is 13.2. The van der Waals surface area contributed by atoms with E-state index in [0.29, 0.717) is 18.5 Å². The molecule has 1 amide bonds. The second kappa shape index (κ2) is 7.05. The molecule has 1 aromatic rings. The fourth-order valence-corrected chi connectivity index (χ4v) is 3.50. The van der Waals surface area contributed by atoms with Crippen molar-refractivity contribution in [3.63, 3.8) is 0 Å². The van der Waals surface area contributed by atoms with Gasteiger partial charge in [-0.3, -0.25) is 4.79 Å². The average molecular weight is 303 g/mol. The van der Waals surface area contributed by atoms with E-state index < -0.39 is 0 Å². The molecule has 0 aliphatic carbocycles. The van der Waals surface area contributed by atoms with Crippen LogP contribution in [-0.4, -0.2) is 59.5 Å². The number of aromatic nitrogens is 2. The van der Waals surface area contributed by atoms with Gasteiger partial charge in [0, 0.05) is 51.4 Å². The molecule has 120 valence electrons. The first-order valence-electron chi connectivity index (χ1n) is 8.23. The molecule has 3 rings (SSSR count). The second-order valence-electron chi connectivity index (χ2n) is 6.37. The van der Waals surface area contributed by atoms with Gasteiger partial charge in [0.1, 0.15) is 12.1 Å². The molecular formula is C16H25N5O. The molecule has 6 heteroatoms. The fourth-order valence-electron chi connectivity index (χ4n) is 3.50. The topological polar surface area (TPSA) is 61.4 Å². The first kappa shape index (κ1) is 15.2. The number of amides is 1. The number of piperidine rings is 2. The Bertz CT molecular complexity index is 487. The van der Waals surface area contributed by atoms with E-state index in [4.69, 9.17) is 0 Å². The van der Waals surface area contributed by atoms with Crippen molar-refractivity contribution in [3.05, 3.63) is 18.6 Å². The third-order valence-corrected chi connectivity index (χ3v) is 4.83.